The van der Waals surface area contributed by atoms with E-state index in [9.17, 15) is 0 Å². The Bertz CT molecular complexity index is 3290. The molecule has 0 N–H and O–H groups in total. The normalized spacial score (nSPS) is 14.0. The largest absolute Gasteiger partial charge is 0.458 e. The molecule has 0 saturated carbocycles. The van der Waals surface area contributed by atoms with Crippen LogP contribution in [0.3, 0.4) is 0 Å². The van der Waals surface area contributed by atoms with Crippen molar-refractivity contribution in [1.82, 2.24) is 9.55 Å². The first-order valence-electron chi connectivity index (χ1n) is 20.5. The van der Waals surface area contributed by atoms with E-state index >= 15 is 0 Å². The summed E-state index contributed by atoms with van der Waals surface area (Å²) in [5, 5.41) is 2.49. The maximum absolute atomic E-state index is 6.75. The summed E-state index contributed by atoms with van der Waals surface area (Å²) in [6, 6.07) is 71.9. The fraction of sp³-hybridized carbons (Fsp3) is 0.0185. The molecule has 2 aromatic heterocycles. The Kier molecular flexibility index (Phi) is 6.83. The zero-order chi connectivity index (χ0) is 38.7. The SMILES string of the molecule is c1ccc2c(c1)Oc1cccc3c1B2c1ccccc1C31c2ccccc2B(c2ccc(-c3ccc4c5ccccc5n(-c5ccncc5)c4c3)cc2)c2ccccc21. The van der Waals surface area contributed by atoms with Gasteiger partial charge in [-0.15, -0.1) is 0 Å². The smallest absolute Gasteiger partial charge is 0.251 e. The van der Waals surface area contributed by atoms with Gasteiger partial charge < -0.3 is 9.30 Å². The van der Waals surface area contributed by atoms with E-state index in [4.69, 9.17) is 4.74 Å². The molecule has 3 nitrogen and oxygen atoms in total. The van der Waals surface area contributed by atoms with E-state index in [1.165, 1.54) is 88.0 Å². The zero-order valence-electron chi connectivity index (χ0n) is 32.1. The Morgan fingerprint density at radius 1 is 0.424 bits per heavy atom. The van der Waals surface area contributed by atoms with Crippen LogP contribution < -0.4 is 37.5 Å². The highest BCUT2D eigenvalue weighted by Crippen LogP contribution is 2.48. The number of fused-ring (bicyclic) bond motifs is 13. The number of nitrogens with zero attached hydrogens (tertiary/aromatic N) is 2. The fourth-order valence-electron chi connectivity index (χ4n) is 11.1. The second kappa shape index (κ2) is 12.3. The molecule has 0 radical (unpaired) electrons. The third kappa shape index (κ3) is 4.42. The lowest BCUT2D eigenvalue weighted by atomic mass is 9.26. The Balaban J connectivity index is 0.986. The number of rotatable bonds is 3. The van der Waals surface area contributed by atoms with Crippen molar-refractivity contribution >= 4 is 68.0 Å². The summed E-state index contributed by atoms with van der Waals surface area (Å²) in [4.78, 5) is 4.30. The molecule has 0 saturated heterocycles. The van der Waals surface area contributed by atoms with Crippen LogP contribution in [0.5, 0.6) is 11.5 Å². The van der Waals surface area contributed by atoms with Crippen LogP contribution in [0.1, 0.15) is 22.3 Å². The topological polar surface area (TPSA) is 27.1 Å². The number of hydrogen-bond acceptors (Lipinski definition) is 2. The van der Waals surface area contributed by atoms with Gasteiger partial charge in [-0.1, -0.05) is 180 Å². The third-order valence-corrected chi connectivity index (χ3v) is 13.4. The van der Waals surface area contributed by atoms with E-state index in [-0.39, 0.29) is 13.4 Å². The Hall–Kier alpha value is -7.36. The van der Waals surface area contributed by atoms with Crippen molar-refractivity contribution < 1.29 is 4.74 Å². The van der Waals surface area contributed by atoms with E-state index in [0.29, 0.717) is 0 Å². The van der Waals surface area contributed by atoms with Crippen molar-refractivity contribution in [2.45, 2.75) is 5.41 Å². The lowest BCUT2D eigenvalue weighted by Crippen LogP contribution is -2.68. The number of hydrogen-bond donors (Lipinski definition) is 0. The molecule has 8 aromatic carbocycles. The molecule has 0 unspecified atom stereocenters. The Morgan fingerprint density at radius 2 is 0.983 bits per heavy atom. The molecule has 59 heavy (non-hydrogen) atoms. The van der Waals surface area contributed by atoms with Gasteiger partial charge >= 0.3 is 0 Å². The maximum Gasteiger partial charge on any atom is 0.251 e. The zero-order valence-corrected chi connectivity index (χ0v) is 32.1. The van der Waals surface area contributed by atoms with Gasteiger partial charge in [0.25, 0.3) is 6.71 Å². The second-order valence-electron chi connectivity index (χ2n) is 16.1. The highest BCUT2D eigenvalue weighted by molar-refractivity contribution is 6.99. The van der Waals surface area contributed by atoms with E-state index < -0.39 is 5.41 Å². The van der Waals surface area contributed by atoms with Gasteiger partial charge in [0.15, 0.2) is 0 Å². The lowest BCUT2D eigenvalue weighted by Gasteiger charge is -2.50. The van der Waals surface area contributed by atoms with Crippen molar-refractivity contribution in [2.75, 3.05) is 0 Å². The van der Waals surface area contributed by atoms with Crippen molar-refractivity contribution in [3.8, 4) is 28.3 Å². The molecular weight excluding hydrogens is 714 g/mol. The molecule has 0 bridgehead atoms. The van der Waals surface area contributed by atoms with Crippen LogP contribution in [-0.2, 0) is 5.41 Å². The van der Waals surface area contributed by atoms with Crippen molar-refractivity contribution in [3.05, 3.63) is 229 Å². The van der Waals surface area contributed by atoms with Crippen molar-refractivity contribution in [2.24, 2.45) is 0 Å². The van der Waals surface area contributed by atoms with Gasteiger partial charge in [0.2, 0.25) is 6.71 Å². The quantitative estimate of drug-likeness (QED) is 0.172. The highest BCUT2D eigenvalue weighted by Gasteiger charge is 2.54. The van der Waals surface area contributed by atoms with Gasteiger partial charge in [-0.2, -0.15) is 0 Å². The average molecular weight is 749 g/mol. The number of pyridine rings is 1. The van der Waals surface area contributed by atoms with Gasteiger partial charge in [0.05, 0.1) is 16.4 Å². The predicted octanol–water partition coefficient (Wildman–Crippen LogP) is 7.99. The Labute approximate surface area is 343 Å². The maximum atomic E-state index is 6.75. The molecule has 3 aliphatic rings. The van der Waals surface area contributed by atoms with E-state index in [2.05, 4.69) is 204 Å². The van der Waals surface area contributed by atoms with E-state index in [1.54, 1.807) is 0 Å². The molecular formula is C54H34B2N2O. The number of benzene rings is 8. The average Bonchev–Trinajstić information content (AvgIpc) is 3.64. The molecule has 0 fully saturated rings. The molecule has 0 aliphatic carbocycles. The van der Waals surface area contributed by atoms with Gasteiger partial charge in [-0.05, 0) is 80.7 Å². The molecule has 13 rings (SSSR count). The first-order valence-corrected chi connectivity index (χ1v) is 20.5. The van der Waals surface area contributed by atoms with Crippen LogP contribution >= 0.6 is 0 Å². The van der Waals surface area contributed by atoms with Crippen LogP contribution in [0.4, 0.5) is 0 Å². The van der Waals surface area contributed by atoms with Crippen molar-refractivity contribution in [3.63, 3.8) is 0 Å². The minimum absolute atomic E-state index is 0.0557. The molecule has 5 heteroatoms. The second-order valence-corrected chi connectivity index (χ2v) is 16.1. The van der Waals surface area contributed by atoms with Gasteiger partial charge in [-0.3, -0.25) is 4.98 Å². The molecule has 10 aromatic rings. The number of ether oxygens (including phenoxy) is 1. The summed E-state index contributed by atoms with van der Waals surface area (Å²) in [5.74, 6) is 1.89. The monoisotopic (exact) mass is 748 g/mol. The van der Waals surface area contributed by atoms with Crippen LogP contribution in [0.2, 0.25) is 0 Å². The van der Waals surface area contributed by atoms with Gasteiger partial charge in [-0.25, -0.2) is 0 Å². The molecule has 5 heterocycles. The lowest BCUT2D eigenvalue weighted by molar-refractivity contribution is 0.486. The fourth-order valence-corrected chi connectivity index (χ4v) is 11.1. The molecule has 0 amide bonds. The first-order chi connectivity index (χ1) is 29.3. The summed E-state index contributed by atoms with van der Waals surface area (Å²) in [7, 11) is 0. The molecule has 0 atom stereocenters. The van der Waals surface area contributed by atoms with E-state index in [1.807, 2.05) is 12.4 Å². The number of aromatic nitrogens is 2. The van der Waals surface area contributed by atoms with Crippen LogP contribution in [0.25, 0.3) is 38.6 Å². The summed E-state index contributed by atoms with van der Waals surface area (Å²) in [6.45, 7) is 0.142. The minimum atomic E-state index is -0.527. The standard InChI is InChI=1S/C54H34B2N2O/c1-9-21-49-39(12-1)40-29-26-36(34-50(40)58(49)38-30-32-57-33-31-38)35-24-27-37(28-25-35)55-45-17-5-2-13-41(45)54(42-14-3-6-18-46(42)55)43-15-4-7-19-47(43)56-48-20-8-10-22-51(48)59-52-23-11-16-44(54)53(52)56/h1-34H. The third-order valence-electron chi connectivity index (χ3n) is 13.4. The van der Waals surface area contributed by atoms with Crippen LogP contribution in [0.15, 0.2) is 207 Å². The number of para-hydroxylation sites is 2. The van der Waals surface area contributed by atoms with Gasteiger partial charge in [0, 0.05) is 28.9 Å². The van der Waals surface area contributed by atoms with Gasteiger partial charge in [0.1, 0.15) is 11.5 Å². The summed E-state index contributed by atoms with van der Waals surface area (Å²) in [5.41, 5.74) is 18.5. The Morgan fingerprint density at radius 3 is 1.71 bits per heavy atom. The minimum Gasteiger partial charge on any atom is -0.458 e. The summed E-state index contributed by atoms with van der Waals surface area (Å²) < 4.78 is 9.11. The summed E-state index contributed by atoms with van der Waals surface area (Å²) in [6.07, 6.45) is 3.74. The van der Waals surface area contributed by atoms with Crippen LogP contribution in [-0.4, -0.2) is 23.0 Å². The predicted molar refractivity (Wildman–Crippen MR) is 245 cm³/mol. The van der Waals surface area contributed by atoms with Crippen molar-refractivity contribution in [1.29, 1.82) is 0 Å². The highest BCUT2D eigenvalue weighted by atomic mass is 16.5. The first kappa shape index (κ1) is 32.7. The van der Waals surface area contributed by atoms with E-state index in [0.717, 1.165) is 17.2 Å². The molecule has 272 valence electrons. The molecule has 1 spiro atoms. The van der Waals surface area contributed by atoms with Crippen LogP contribution in [0, 0.1) is 0 Å². The molecule has 3 aliphatic heterocycles. The summed E-state index contributed by atoms with van der Waals surface area (Å²) >= 11 is 0.